The van der Waals surface area contributed by atoms with Crippen molar-refractivity contribution in [1.29, 1.82) is 0 Å². The van der Waals surface area contributed by atoms with Crippen LogP contribution in [0.3, 0.4) is 0 Å². The first-order valence-corrected chi connectivity index (χ1v) is 10.3. The molecule has 7 heteroatoms. The number of aromatic nitrogens is 2. The SMILES string of the molecule is CC(C)NS(=O)(=O)c1ccc(NCc2ccccc2)c(-c2cn(C)cn2)c1. The normalized spacial score (nSPS) is 11.7. The molecule has 2 N–H and O–H groups in total. The van der Waals surface area contributed by atoms with Crippen molar-refractivity contribution in [2.45, 2.75) is 31.3 Å². The van der Waals surface area contributed by atoms with Crippen LogP contribution in [0, 0.1) is 0 Å². The van der Waals surface area contributed by atoms with Gasteiger partial charge in [-0.3, -0.25) is 0 Å². The van der Waals surface area contributed by atoms with Gasteiger partial charge < -0.3 is 9.88 Å². The fourth-order valence-electron chi connectivity index (χ4n) is 2.78. The number of hydrogen-bond acceptors (Lipinski definition) is 4. The van der Waals surface area contributed by atoms with Gasteiger partial charge in [-0.05, 0) is 37.6 Å². The minimum absolute atomic E-state index is 0.177. The van der Waals surface area contributed by atoms with Crippen molar-refractivity contribution in [1.82, 2.24) is 14.3 Å². The van der Waals surface area contributed by atoms with Crippen LogP contribution in [0.1, 0.15) is 19.4 Å². The fourth-order valence-corrected chi connectivity index (χ4v) is 4.06. The maximum Gasteiger partial charge on any atom is 0.240 e. The zero-order chi connectivity index (χ0) is 19.4. The van der Waals surface area contributed by atoms with E-state index >= 15 is 0 Å². The summed E-state index contributed by atoms with van der Waals surface area (Å²) >= 11 is 0. The van der Waals surface area contributed by atoms with Gasteiger partial charge in [0.1, 0.15) is 0 Å². The molecule has 0 spiro atoms. The molecule has 0 saturated carbocycles. The molecule has 0 unspecified atom stereocenters. The molecule has 1 heterocycles. The second kappa shape index (κ2) is 7.94. The Morgan fingerprint density at radius 1 is 1.11 bits per heavy atom. The predicted molar refractivity (Wildman–Crippen MR) is 108 cm³/mol. The number of anilines is 1. The van der Waals surface area contributed by atoms with Gasteiger partial charge in [0.25, 0.3) is 0 Å². The molecule has 0 saturated heterocycles. The zero-order valence-corrected chi connectivity index (χ0v) is 16.5. The summed E-state index contributed by atoms with van der Waals surface area (Å²) < 4.78 is 29.6. The van der Waals surface area contributed by atoms with Gasteiger partial charge in [-0.25, -0.2) is 18.1 Å². The largest absolute Gasteiger partial charge is 0.380 e. The molecule has 0 bridgehead atoms. The molecule has 0 aliphatic heterocycles. The second-order valence-corrected chi connectivity index (χ2v) is 8.46. The summed E-state index contributed by atoms with van der Waals surface area (Å²) in [5, 5.41) is 3.39. The van der Waals surface area contributed by atoms with Crippen LogP contribution in [0.15, 0.2) is 66.0 Å². The van der Waals surface area contributed by atoms with E-state index in [0.29, 0.717) is 6.54 Å². The van der Waals surface area contributed by atoms with E-state index in [9.17, 15) is 8.42 Å². The number of benzene rings is 2. The van der Waals surface area contributed by atoms with Gasteiger partial charge in [0.05, 0.1) is 16.9 Å². The molecule has 3 aromatic rings. The molecule has 6 nitrogen and oxygen atoms in total. The van der Waals surface area contributed by atoms with Crippen molar-refractivity contribution in [3.8, 4) is 11.3 Å². The number of sulfonamides is 1. The van der Waals surface area contributed by atoms with Crippen LogP contribution in [0.4, 0.5) is 5.69 Å². The van der Waals surface area contributed by atoms with E-state index in [-0.39, 0.29) is 10.9 Å². The van der Waals surface area contributed by atoms with Gasteiger partial charge in [0.2, 0.25) is 10.0 Å². The topological polar surface area (TPSA) is 76.0 Å². The maximum absolute atomic E-state index is 12.6. The van der Waals surface area contributed by atoms with Gasteiger partial charge in [-0.15, -0.1) is 0 Å². The minimum atomic E-state index is -3.58. The first-order chi connectivity index (χ1) is 12.8. The quantitative estimate of drug-likeness (QED) is 0.655. The Bertz CT molecular complexity index is 1010. The van der Waals surface area contributed by atoms with Crippen LogP contribution in [0.5, 0.6) is 0 Å². The number of imidazole rings is 1. The predicted octanol–water partition coefficient (Wildman–Crippen LogP) is 3.39. The Balaban J connectivity index is 1.97. The van der Waals surface area contributed by atoms with Crippen molar-refractivity contribution < 1.29 is 8.42 Å². The average molecular weight is 385 g/mol. The highest BCUT2D eigenvalue weighted by Crippen LogP contribution is 2.30. The second-order valence-electron chi connectivity index (χ2n) is 6.75. The van der Waals surface area contributed by atoms with Crippen molar-refractivity contribution in [2.75, 3.05) is 5.32 Å². The Kier molecular flexibility index (Phi) is 5.62. The van der Waals surface area contributed by atoms with E-state index in [1.54, 1.807) is 38.4 Å². The molecule has 2 aromatic carbocycles. The zero-order valence-electron chi connectivity index (χ0n) is 15.7. The molecule has 0 atom stereocenters. The van der Waals surface area contributed by atoms with E-state index < -0.39 is 10.0 Å². The molecule has 0 aliphatic rings. The van der Waals surface area contributed by atoms with Crippen LogP contribution in [0.25, 0.3) is 11.3 Å². The lowest BCUT2D eigenvalue weighted by Crippen LogP contribution is -2.30. The number of hydrogen-bond donors (Lipinski definition) is 2. The van der Waals surface area contributed by atoms with E-state index in [1.807, 2.05) is 48.1 Å². The van der Waals surface area contributed by atoms with Gasteiger partial charge in [-0.2, -0.15) is 0 Å². The highest BCUT2D eigenvalue weighted by molar-refractivity contribution is 7.89. The highest BCUT2D eigenvalue weighted by Gasteiger charge is 2.18. The lowest BCUT2D eigenvalue weighted by molar-refractivity contribution is 0.570. The molecule has 0 radical (unpaired) electrons. The van der Waals surface area contributed by atoms with Gasteiger partial charge in [-0.1, -0.05) is 30.3 Å². The number of aryl methyl sites for hydroxylation is 1. The highest BCUT2D eigenvalue weighted by atomic mass is 32.2. The molecule has 3 rings (SSSR count). The fraction of sp³-hybridized carbons (Fsp3) is 0.250. The van der Waals surface area contributed by atoms with E-state index in [0.717, 1.165) is 22.5 Å². The first-order valence-electron chi connectivity index (χ1n) is 8.77. The number of rotatable bonds is 7. The number of nitrogens with one attached hydrogen (secondary N) is 2. The monoisotopic (exact) mass is 384 g/mol. The third-order valence-corrected chi connectivity index (χ3v) is 5.66. The summed E-state index contributed by atoms with van der Waals surface area (Å²) in [6, 6.07) is 14.9. The standard InChI is InChI=1S/C20H24N4O2S/c1-15(2)23-27(25,26)17-9-10-19(21-12-16-7-5-4-6-8-16)18(11-17)20-13-24(3)14-22-20/h4-11,13-15,21,23H,12H2,1-3H3. The van der Waals surface area contributed by atoms with Crippen LogP contribution in [0.2, 0.25) is 0 Å². The van der Waals surface area contributed by atoms with Crippen molar-refractivity contribution in [3.63, 3.8) is 0 Å². The van der Waals surface area contributed by atoms with E-state index in [4.69, 9.17) is 0 Å². The Labute approximate surface area is 160 Å². The Hall–Kier alpha value is -2.64. The van der Waals surface area contributed by atoms with Crippen LogP contribution in [-0.4, -0.2) is 24.0 Å². The van der Waals surface area contributed by atoms with Gasteiger partial charge >= 0.3 is 0 Å². The van der Waals surface area contributed by atoms with Crippen LogP contribution >= 0.6 is 0 Å². The lowest BCUT2D eigenvalue weighted by atomic mass is 10.1. The van der Waals surface area contributed by atoms with Crippen LogP contribution in [-0.2, 0) is 23.6 Å². The Morgan fingerprint density at radius 2 is 1.85 bits per heavy atom. The van der Waals surface area contributed by atoms with Crippen molar-refractivity contribution >= 4 is 15.7 Å². The lowest BCUT2D eigenvalue weighted by Gasteiger charge is -2.14. The molecule has 142 valence electrons. The number of nitrogens with zero attached hydrogens (tertiary/aromatic N) is 2. The molecule has 0 fully saturated rings. The molecule has 0 aliphatic carbocycles. The van der Waals surface area contributed by atoms with Crippen LogP contribution < -0.4 is 10.0 Å². The summed E-state index contributed by atoms with van der Waals surface area (Å²) in [5.74, 6) is 0. The smallest absolute Gasteiger partial charge is 0.240 e. The molecular formula is C20H24N4O2S. The molecular weight excluding hydrogens is 360 g/mol. The summed E-state index contributed by atoms with van der Waals surface area (Å²) in [7, 11) is -1.70. The third-order valence-electron chi connectivity index (χ3n) is 4.00. The summed E-state index contributed by atoms with van der Waals surface area (Å²) in [6.07, 6.45) is 3.57. The summed E-state index contributed by atoms with van der Waals surface area (Å²) in [4.78, 5) is 4.62. The maximum atomic E-state index is 12.6. The van der Waals surface area contributed by atoms with Gasteiger partial charge in [0, 0.05) is 37.1 Å². The molecule has 1 aromatic heterocycles. The van der Waals surface area contributed by atoms with Crippen molar-refractivity contribution in [2.24, 2.45) is 7.05 Å². The molecule has 0 amide bonds. The van der Waals surface area contributed by atoms with Crippen molar-refractivity contribution in [3.05, 3.63) is 66.6 Å². The van der Waals surface area contributed by atoms with Gasteiger partial charge in [0.15, 0.2) is 0 Å². The minimum Gasteiger partial charge on any atom is -0.380 e. The van der Waals surface area contributed by atoms with E-state index in [1.165, 1.54) is 0 Å². The van der Waals surface area contributed by atoms with E-state index in [2.05, 4.69) is 15.0 Å². The molecule has 27 heavy (non-hydrogen) atoms. The third kappa shape index (κ3) is 4.75. The summed E-state index contributed by atoms with van der Waals surface area (Å²) in [5.41, 5.74) is 3.44. The average Bonchev–Trinajstić information content (AvgIpc) is 3.06. The Morgan fingerprint density at radius 3 is 2.48 bits per heavy atom. The first kappa shape index (κ1) is 19.1. The summed E-state index contributed by atoms with van der Waals surface area (Å²) in [6.45, 7) is 4.23.